The Balaban J connectivity index is 2.10. The lowest BCUT2D eigenvalue weighted by Gasteiger charge is -2.26. The minimum Gasteiger partial charge on any atom is -0.480 e. The Kier molecular flexibility index (Phi) is 7.04. The smallest absolute Gasteiger partial charge is 0.316 e. The summed E-state index contributed by atoms with van der Waals surface area (Å²) in [6, 6.07) is 7.58. The summed E-state index contributed by atoms with van der Waals surface area (Å²) in [5.74, 6) is 0.232. The zero-order valence-corrected chi connectivity index (χ0v) is 16.0. The second-order valence-electron chi connectivity index (χ2n) is 6.05. The molecular formula is C18H25NO3S2. The molecule has 1 fully saturated rings. The zero-order valence-electron chi connectivity index (χ0n) is 14.4. The van der Waals surface area contributed by atoms with Crippen LogP contribution in [0.3, 0.4) is 0 Å². The van der Waals surface area contributed by atoms with Crippen LogP contribution in [0.2, 0.25) is 0 Å². The van der Waals surface area contributed by atoms with Crippen LogP contribution in [-0.4, -0.2) is 51.2 Å². The van der Waals surface area contributed by atoms with Gasteiger partial charge in [-0.2, -0.15) is 11.8 Å². The molecule has 0 spiro atoms. The molecule has 0 aromatic heterocycles. The summed E-state index contributed by atoms with van der Waals surface area (Å²) in [6.07, 6.45) is 3.25. The van der Waals surface area contributed by atoms with Crippen molar-refractivity contribution < 1.29 is 14.7 Å². The minimum atomic E-state index is -0.870. The highest BCUT2D eigenvalue weighted by molar-refractivity contribution is 8.00. The lowest BCUT2D eigenvalue weighted by atomic mass is 10.1. The summed E-state index contributed by atoms with van der Waals surface area (Å²) in [7, 11) is 1.87. The van der Waals surface area contributed by atoms with Gasteiger partial charge in [0.2, 0.25) is 0 Å². The molecule has 1 aliphatic rings. The van der Waals surface area contributed by atoms with Gasteiger partial charge in [0.15, 0.2) is 0 Å². The molecule has 0 radical (unpaired) electrons. The SMILES string of the molecule is CCSC1CCC(N(C)C(=O)c2ccccc2SC(C)C(=O)O)C1. The number of amides is 1. The number of carboxylic acids is 1. The van der Waals surface area contributed by atoms with E-state index < -0.39 is 11.2 Å². The molecule has 3 unspecified atom stereocenters. The van der Waals surface area contributed by atoms with Gasteiger partial charge in [-0.3, -0.25) is 9.59 Å². The maximum absolute atomic E-state index is 12.9. The first-order valence-electron chi connectivity index (χ1n) is 8.31. The molecule has 132 valence electrons. The summed E-state index contributed by atoms with van der Waals surface area (Å²) in [4.78, 5) is 26.6. The predicted molar refractivity (Wildman–Crippen MR) is 101 cm³/mol. The molecule has 1 aliphatic carbocycles. The highest BCUT2D eigenvalue weighted by Gasteiger charge is 2.31. The Morgan fingerprint density at radius 2 is 2.04 bits per heavy atom. The van der Waals surface area contributed by atoms with Crippen LogP contribution >= 0.6 is 23.5 Å². The van der Waals surface area contributed by atoms with Gasteiger partial charge in [-0.25, -0.2) is 0 Å². The van der Waals surface area contributed by atoms with E-state index in [1.807, 2.05) is 41.9 Å². The largest absolute Gasteiger partial charge is 0.480 e. The van der Waals surface area contributed by atoms with Crippen LogP contribution in [0.5, 0.6) is 0 Å². The number of carboxylic acid groups (broad SMARTS) is 1. The average Bonchev–Trinajstić information content (AvgIpc) is 3.03. The van der Waals surface area contributed by atoms with E-state index >= 15 is 0 Å². The van der Waals surface area contributed by atoms with Crippen molar-refractivity contribution in [2.24, 2.45) is 0 Å². The third kappa shape index (κ3) is 4.70. The first-order chi connectivity index (χ1) is 11.4. The van der Waals surface area contributed by atoms with Gasteiger partial charge >= 0.3 is 5.97 Å². The number of hydrogen-bond donors (Lipinski definition) is 1. The topological polar surface area (TPSA) is 57.6 Å². The Morgan fingerprint density at radius 3 is 2.71 bits per heavy atom. The maximum Gasteiger partial charge on any atom is 0.316 e. The van der Waals surface area contributed by atoms with E-state index in [4.69, 9.17) is 5.11 Å². The number of aliphatic carboxylic acids is 1. The first kappa shape index (κ1) is 19.2. The summed E-state index contributed by atoms with van der Waals surface area (Å²) in [5.41, 5.74) is 0.602. The van der Waals surface area contributed by atoms with Gasteiger partial charge in [-0.05, 0) is 44.1 Å². The fourth-order valence-corrected chi connectivity index (χ4v) is 5.05. The molecule has 24 heavy (non-hydrogen) atoms. The molecule has 1 saturated carbocycles. The van der Waals surface area contributed by atoms with Crippen molar-refractivity contribution in [2.75, 3.05) is 12.8 Å². The van der Waals surface area contributed by atoms with Crippen LogP contribution in [0.25, 0.3) is 0 Å². The quantitative estimate of drug-likeness (QED) is 0.738. The Labute approximate surface area is 152 Å². The number of rotatable bonds is 7. The van der Waals surface area contributed by atoms with Crippen molar-refractivity contribution >= 4 is 35.4 Å². The Bertz CT molecular complexity index is 593. The van der Waals surface area contributed by atoms with Gasteiger partial charge in [0.05, 0.1) is 5.56 Å². The molecule has 2 rings (SSSR count). The molecule has 1 aromatic carbocycles. The van der Waals surface area contributed by atoms with Crippen LogP contribution in [0.15, 0.2) is 29.2 Å². The Morgan fingerprint density at radius 1 is 1.33 bits per heavy atom. The van der Waals surface area contributed by atoms with Crippen LogP contribution < -0.4 is 0 Å². The number of carbonyl (C=O) groups excluding carboxylic acids is 1. The van der Waals surface area contributed by atoms with E-state index in [1.165, 1.54) is 11.8 Å². The van der Waals surface area contributed by atoms with Crippen LogP contribution in [0.1, 0.15) is 43.5 Å². The van der Waals surface area contributed by atoms with Crippen molar-refractivity contribution in [3.8, 4) is 0 Å². The lowest BCUT2D eigenvalue weighted by molar-refractivity contribution is -0.136. The highest BCUT2D eigenvalue weighted by atomic mass is 32.2. The van der Waals surface area contributed by atoms with Gasteiger partial charge in [0.25, 0.3) is 5.91 Å². The highest BCUT2D eigenvalue weighted by Crippen LogP contribution is 2.34. The average molecular weight is 368 g/mol. The van der Waals surface area contributed by atoms with Gasteiger partial charge < -0.3 is 10.0 Å². The fourth-order valence-electron chi connectivity index (χ4n) is 3.00. The van der Waals surface area contributed by atoms with Crippen LogP contribution in [0.4, 0.5) is 0 Å². The second kappa shape index (κ2) is 8.81. The molecule has 1 amide bonds. The molecule has 3 atom stereocenters. The molecule has 1 N–H and O–H groups in total. The van der Waals surface area contributed by atoms with E-state index in [0.717, 1.165) is 29.9 Å². The maximum atomic E-state index is 12.9. The standard InChI is InChI=1S/C18H25NO3S2/c1-4-23-14-10-9-13(11-14)19(3)17(20)15-7-5-6-8-16(15)24-12(2)18(21)22/h5-8,12-14H,4,9-11H2,1-3H3,(H,21,22). The number of benzene rings is 1. The fraction of sp³-hybridized carbons (Fsp3) is 0.556. The van der Waals surface area contributed by atoms with Crippen molar-refractivity contribution in [3.05, 3.63) is 29.8 Å². The van der Waals surface area contributed by atoms with Gasteiger partial charge in [0, 0.05) is 23.2 Å². The summed E-state index contributed by atoms with van der Waals surface area (Å²) < 4.78 is 0. The minimum absolute atomic E-state index is 0.0113. The first-order valence-corrected chi connectivity index (χ1v) is 10.2. The normalized spacial score (nSPS) is 21.5. The third-order valence-electron chi connectivity index (χ3n) is 4.40. The zero-order chi connectivity index (χ0) is 17.7. The van der Waals surface area contributed by atoms with E-state index in [1.54, 1.807) is 13.0 Å². The van der Waals surface area contributed by atoms with Gasteiger partial charge in [-0.1, -0.05) is 19.1 Å². The van der Waals surface area contributed by atoms with E-state index in [2.05, 4.69) is 6.92 Å². The van der Waals surface area contributed by atoms with Crippen LogP contribution in [-0.2, 0) is 4.79 Å². The number of thioether (sulfide) groups is 2. The summed E-state index contributed by atoms with van der Waals surface area (Å²) in [6.45, 7) is 3.81. The van der Waals surface area contributed by atoms with E-state index in [0.29, 0.717) is 10.8 Å². The molecule has 0 aliphatic heterocycles. The summed E-state index contributed by atoms with van der Waals surface area (Å²) in [5, 5.41) is 9.18. The monoisotopic (exact) mass is 367 g/mol. The predicted octanol–water partition coefficient (Wildman–Crippen LogP) is 4.00. The van der Waals surface area contributed by atoms with Crippen LogP contribution in [0, 0.1) is 0 Å². The molecule has 0 bridgehead atoms. The van der Waals surface area contributed by atoms with Gasteiger partial charge in [-0.15, -0.1) is 11.8 Å². The molecular weight excluding hydrogens is 342 g/mol. The molecule has 4 nitrogen and oxygen atoms in total. The van der Waals surface area contributed by atoms with Gasteiger partial charge in [0.1, 0.15) is 5.25 Å². The third-order valence-corrected chi connectivity index (χ3v) is 6.79. The van der Waals surface area contributed by atoms with E-state index in [9.17, 15) is 9.59 Å². The second-order valence-corrected chi connectivity index (χ2v) is 9.01. The number of hydrogen-bond acceptors (Lipinski definition) is 4. The summed E-state index contributed by atoms with van der Waals surface area (Å²) >= 11 is 3.20. The van der Waals surface area contributed by atoms with Crippen molar-refractivity contribution in [1.29, 1.82) is 0 Å². The lowest BCUT2D eigenvalue weighted by Crippen LogP contribution is -2.36. The molecule has 0 heterocycles. The number of nitrogens with zero attached hydrogens (tertiary/aromatic N) is 1. The van der Waals surface area contributed by atoms with Crippen molar-refractivity contribution in [1.82, 2.24) is 4.90 Å². The van der Waals surface area contributed by atoms with Crippen molar-refractivity contribution in [3.63, 3.8) is 0 Å². The van der Waals surface area contributed by atoms with Crippen molar-refractivity contribution in [2.45, 2.75) is 54.5 Å². The molecule has 6 heteroatoms. The number of carbonyl (C=O) groups is 2. The molecule has 0 saturated heterocycles. The molecule has 1 aromatic rings. The van der Waals surface area contributed by atoms with E-state index in [-0.39, 0.29) is 11.9 Å². The Hall–Kier alpha value is -1.14.